The van der Waals surface area contributed by atoms with E-state index in [1.165, 1.54) is 11.3 Å². The van der Waals surface area contributed by atoms with Gasteiger partial charge in [0.1, 0.15) is 0 Å². The fourth-order valence-electron chi connectivity index (χ4n) is 3.56. The fraction of sp³-hybridized carbons (Fsp3) is 0.478. The van der Waals surface area contributed by atoms with Gasteiger partial charge in [-0.3, -0.25) is 9.88 Å². The molecule has 1 aromatic heterocycles. The second-order valence-corrected chi connectivity index (χ2v) is 7.46. The average molecular weight is 395 g/mol. The van der Waals surface area contributed by atoms with Crippen LogP contribution in [0.4, 0.5) is 5.69 Å². The molecule has 0 aliphatic carbocycles. The lowest BCUT2D eigenvalue weighted by Crippen LogP contribution is -2.47. The van der Waals surface area contributed by atoms with Gasteiger partial charge in [0.25, 0.3) is 0 Å². The summed E-state index contributed by atoms with van der Waals surface area (Å²) in [5, 5.41) is 6.76. The van der Waals surface area contributed by atoms with Crippen LogP contribution in [0.5, 0.6) is 0 Å². The Morgan fingerprint density at radius 1 is 1.07 bits per heavy atom. The minimum Gasteiger partial charge on any atom is -0.369 e. The Kier molecular flexibility index (Phi) is 8.31. The zero-order valence-corrected chi connectivity index (χ0v) is 17.8. The van der Waals surface area contributed by atoms with Crippen molar-refractivity contribution in [1.29, 1.82) is 0 Å². The number of nitrogens with zero attached hydrogens (tertiary/aromatic N) is 4. The number of aliphatic imine (C=N–C) groups is 1. The zero-order valence-electron chi connectivity index (χ0n) is 17.8. The molecule has 156 valence electrons. The van der Waals surface area contributed by atoms with E-state index in [0.29, 0.717) is 6.54 Å². The first kappa shape index (κ1) is 21.1. The predicted octanol–water partition coefficient (Wildman–Crippen LogP) is 2.66. The van der Waals surface area contributed by atoms with Crippen molar-refractivity contribution in [2.75, 3.05) is 50.7 Å². The number of pyridine rings is 1. The SMILES string of the molecule is CCNC(=NCc1ccccn1)NCCCN1CCN(c2cccc(C)c2)CC1. The summed E-state index contributed by atoms with van der Waals surface area (Å²) in [6.07, 6.45) is 2.92. The molecule has 0 spiro atoms. The molecule has 2 heterocycles. The van der Waals surface area contributed by atoms with Gasteiger partial charge in [-0.05, 0) is 56.6 Å². The maximum atomic E-state index is 4.63. The van der Waals surface area contributed by atoms with E-state index >= 15 is 0 Å². The van der Waals surface area contributed by atoms with Crippen LogP contribution in [0.15, 0.2) is 53.7 Å². The molecule has 1 aliphatic rings. The Balaban J connectivity index is 1.36. The van der Waals surface area contributed by atoms with Crippen LogP contribution in [0.2, 0.25) is 0 Å². The highest BCUT2D eigenvalue weighted by Gasteiger charge is 2.16. The maximum absolute atomic E-state index is 4.63. The minimum atomic E-state index is 0.594. The third-order valence-corrected chi connectivity index (χ3v) is 5.15. The third-order valence-electron chi connectivity index (χ3n) is 5.15. The number of anilines is 1. The van der Waals surface area contributed by atoms with Crippen LogP contribution in [0.3, 0.4) is 0 Å². The topological polar surface area (TPSA) is 55.8 Å². The van der Waals surface area contributed by atoms with Crippen LogP contribution < -0.4 is 15.5 Å². The third kappa shape index (κ3) is 7.06. The van der Waals surface area contributed by atoms with Crippen LogP contribution in [-0.4, -0.2) is 61.7 Å². The van der Waals surface area contributed by atoms with Gasteiger partial charge in [-0.15, -0.1) is 0 Å². The summed E-state index contributed by atoms with van der Waals surface area (Å²) in [5.74, 6) is 0.863. The first-order valence-corrected chi connectivity index (χ1v) is 10.7. The standard InChI is InChI=1S/C23H34N6/c1-3-24-23(27-19-21-9-4-5-11-25-21)26-12-7-13-28-14-16-29(17-15-28)22-10-6-8-20(2)18-22/h4-6,8-11,18H,3,7,12-17,19H2,1-2H3,(H2,24,26,27). The molecular weight excluding hydrogens is 360 g/mol. The van der Waals surface area contributed by atoms with Gasteiger partial charge in [-0.1, -0.05) is 18.2 Å². The molecule has 29 heavy (non-hydrogen) atoms. The van der Waals surface area contributed by atoms with Crippen LogP contribution in [0.1, 0.15) is 24.6 Å². The molecular formula is C23H34N6. The van der Waals surface area contributed by atoms with Gasteiger partial charge >= 0.3 is 0 Å². The molecule has 0 radical (unpaired) electrons. The Bertz CT molecular complexity index is 753. The van der Waals surface area contributed by atoms with E-state index < -0.39 is 0 Å². The van der Waals surface area contributed by atoms with Crippen molar-refractivity contribution in [3.05, 3.63) is 59.9 Å². The van der Waals surface area contributed by atoms with E-state index in [1.54, 1.807) is 0 Å². The lowest BCUT2D eigenvalue weighted by molar-refractivity contribution is 0.255. The number of piperazine rings is 1. The van der Waals surface area contributed by atoms with Crippen molar-refractivity contribution in [2.45, 2.75) is 26.8 Å². The van der Waals surface area contributed by atoms with Gasteiger partial charge in [0.15, 0.2) is 5.96 Å². The molecule has 0 amide bonds. The van der Waals surface area contributed by atoms with Crippen molar-refractivity contribution in [1.82, 2.24) is 20.5 Å². The van der Waals surface area contributed by atoms with E-state index in [4.69, 9.17) is 0 Å². The average Bonchev–Trinajstić information content (AvgIpc) is 2.76. The van der Waals surface area contributed by atoms with E-state index in [-0.39, 0.29) is 0 Å². The first-order valence-electron chi connectivity index (χ1n) is 10.7. The van der Waals surface area contributed by atoms with Crippen LogP contribution >= 0.6 is 0 Å². The Labute approximate surface area is 175 Å². The number of aromatic nitrogens is 1. The maximum Gasteiger partial charge on any atom is 0.191 e. The monoisotopic (exact) mass is 394 g/mol. The molecule has 2 aromatic rings. The summed E-state index contributed by atoms with van der Waals surface area (Å²) in [5.41, 5.74) is 3.67. The number of rotatable bonds is 8. The Morgan fingerprint density at radius 2 is 1.93 bits per heavy atom. The summed E-state index contributed by atoms with van der Waals surface area (Å²) in [6, 6.07) is 14.7. The van der Waals surface area contributed by atoms with Gasteiger partial charge in [0, 0.05) is 51.2 Å². The van der Waals surface area contributed by atoms with Crippen molar-refractivity contribution >= 4 is 11.6 Å². The molecule has 3 rings (SSSR count). The molecule has 1 aromatic carbocycles. The van der Waals surface area contributed by atoms with Gasteiger partial charge in [0.05, 0.1) is 12.2 Å². The van der Waals surface area contributed by atoms with Crippen molar-refractivity contribution < 1.29 is 0 Å². The summed E-state index contributed by atoms with van der Waals surface area (Å²) in [6.45, 7) is 12.2. The van der Waals surface area contributed by atoms with E-state index in [9.17, 15) is 0 Å². The summed E-state index contributed by atoms with van der Waals surface area (Å²) >= 11 is 0. The first-order chi connectivity index (χ1) is 14.2. The smallest absolute Gasteiger partial charge is 0.191 e. The van der Waals surface area contributed by atoms with E-state index in [0.717, 1.165) is 63.9 Å². The predicted molar refractivity (Wildman–Crippen MR) is 122 cm³/mol. The van der Waals surface area contributed by atoms with E-state index in [2.05, 4.69) is 68.5 Å². The van der Waals surface area contributed by atoms with E-state index in [1.807, 2.05) is 24.4 Å². The second-order valence-electron chi connectivity index (χ2n) is 7.46. The van der Waals surface area contributed by atoms with Crippen LogP contribution in [0.25, 0.3) is 0 Å². The second kappa shape index (κ2) is 11.4. The molecule has 6 nitrogen and oxygen atoms in total. The normalized spacial score (nSPS) is 15.4. The highest BCUT2D eigenvalue weighted by atomic mass is 15.3. The van der Waals surface area contributed by atoms with Gasteiger partial charge in [-0.2, -0.15) is 0 Å². The molecule has 1 fully saturated rings. The molecule has 0 bridgehead atoms. The molecule has 0 unspecified atom stereocenters. The highest BCUT2D eigenvalue weighted by molar-refractivity contribution is 5.79. The van der Waals surface area contributed by atoms with Crippen LogP contribution in [0, 0.1) is 6.92 Å². The largest absolute Gasteiger partial charge is 0.369 e. The summed E-state index contributed by atoms with van der Waals surface area (Å²) in [7, 11) is 0. The minimum absolute atomic E-state index is 0.594. The molecule has 0 atom stereocenters. The van der Waals surface area contributed by atoms with Crippen molar-refractivity contribution in [3.8, 4) is 0 Å². The quantitative estimate of drug-likeness (QED) is 0.410. The number of hydrogen-bond acceptors (Lipinski definition) is 4. The van der Waals surface area contributed by atoms with Gasteiger partial charge in [0.2, 0.25) is 0 Å². The molecule has 1 aliphatic heterocycles. The van der Waals surface area contributed by atoms with Crippen LogP contribution in [-0.2, 0) is 6.54 Å². The molecule has 2 N–H and O–H groups in total. The fourth-order valence-corrected chi connectivity index (χ4v) is 3.56. The Morgan fingerprint density at radius 3 is 2.66 bits per heavy atom. The molecule has 1 saturated heterocycles. The number of aryl methyl sites for hydroxylation is 1. The molecule has 6 heteroatoms. The number of benzene rings is 1. The highest BCUT2D eigenvalue weighted by Crippen LogP contribution is 2.17. The summed E-state index contributed by atoms with van der Waals surface area (Å²) in [4.78, 5) is 14.0. The lowest BCUT2D eigenvalue weighted by atomic mass is 10.2. The Hall–Kier alpha value is -2.60. The number of nitrogens with one attached hydrogen (secondary N) is 2. The van der Waals surface area contributed by atoms with Gasteiger partial charge < -0.3 is 15.5 Å². The molecule has 0 saturated carbocycles. The number of hydrogen-bond donors (Lipinski definition) is 2. The van der Waals surface area contributed by atoms with Crippen molar-refractivity contribution in [2.24, 2.45) is 4.99 Å². The van der Waals surface area contributed by atoms with Gasteiger partial charge in [-0.25, -0.2) is 4.99 Å². The number of guanidine groups is 1. The van der Waals surface area contributed by atoms with Crippen molar-refractivity contribution in [3.63, 3.8) is 0 Å². The summed E-state index contributed by atoms with van der Waals surface area (Å²) < 4.78 is 0. The zero-order chi connectivity index (χ0) is 20.3. The lowest BCUT2D eigenvalue weighted by Gasteiger charge is -2.36.